The van der Waals surface area contributed by atoms with Gasteiger partial charge >= 0.3 is 12.0 Å². The maximum absolute atomic E-state index is 11.7. The molecule has 0 saturated heterocycles. The summed E-state index contributed by atoms with van der Waals surface area (Å²) in [6.07, 6.45) is 4.98. The SMILES string of the molecule is CN(CC1CCCC1)C(=O)NC(=O)CCCC(=O)O. The van der Waals surface area contributed by atoms with E-state index in [0.29, 0.717) is 12.5 Å². The zero-order valence-electron chi connectivity index (χ0n) is 11.4. The Morgan fingerprint density at radius 2 is 1.84 bits per heavy atom. The topological polar surface area (TPSA) is 86.7 Å². The molecule has 0 aromatic carbocycles. The van der Waals surface area contributed by atoms with Crippen molar-refractivity contribution in [1.29, 1.82) is 0 Å². The number of aliphatic carboxylic acids is 1. The molecule has 6 nitrogen and oxygen atoms in total. The molecule has 2 N–H and O–H groups in total. The van der Waals surface area contributed by atoms with Crippen LogP contribution in [0, 0.1) is 5.92 Å². The van der Waals surface area contributed by atoms with Crippen LogP contribution in [0.2, 0.25) is 0 Å². The van der Waals surface area contributed by atoms with Crippen molar-refractivity contribution in [2.45, 2.75) is 44.9 Å². The number of hydrogen-bond donors (Lipinski definition) is 2. The highest BCUT2D eigenvalue weighted by Gasteiger charge is 2.20. The van der Waals surface area contributed by atoms with E-state index in [4.69, 9.17) is 5.11 Å². The maximum atomic E-state index is 11.7. The number of nitrogens with one attached hydrogen (secondary N) is 1. The number of carboxylic acids is 1. The molecule has 3 amide bonds. The van der Waals surface area contributed by atoms with Crippen LogP contribution in [0.1, 0.15) is 44.9 Å². The van der Waals surface area contributed by atoms with Gasteiger partial charge in [-0.25, -0.2) is 4.79 Å². The van der Waals surface area contributed by atoms with Crippen molar-refractivity contribution in [1.82, 2.24) is 10.2 Å². The fraction of sp³-hybridized carbons (Fsp3) is 0.769. The average Bonchev–Trinajstić information content (AvgIpc) is 2.81. The van der Waals surface area contributed by atoms with Crippen LogP contribution in [0.5, 0.6) is 0 Å². The standard InChI is InChI=1S/C13H22N2O4/c1-15(9-10-5-2-3-6-10)13(19)14-11(16)7-4-8-12(17)18/h10H,2-9H2,1H3,(H,17,18)(H,14,16,19). The average molecular weight is 270 g/mol. The summed E-state index contributed by atoms with van der Waals surface area (Å²) in [6.45, 7) is 0.675. The highest BCUT2D eigenvalue weighted by Crippen LogP contribution is 2.25. The van der Waals surface area contributed by atoms with Crippen molar-refractivity contribution < 1.29 is 19.5 Å². The Morgan fingerprint density at radius 3 is 2.42 bits per heavy atom. The number of hydrogen-bond acceptors (Lipinski definition) is 3. The molecule has 1 aliphatic carbocycles. The second-order valence-electron chi connectivity index (χ2n) is 5.13. The Balaban J connectivity index is 2.20. The Morgan fingerprint density at radius 1 is 1.21 bits per heavy atom. The lowest BCUT2D eigenvalue weighted by Gasteiger charge is -2.20. The Hall–Kier alpha value is -1.59. The van der Waals surface area contributed by atoms with Gasteiger partial charge in [-0.2, -0.15) is 0 Å². The monoisotopic (exact) mass is 270 g/mol. The molecule has 1 saturated carbocycles. The lowest BCUT2D eigenvalue weighted by atomic mass is 10.1. The van der Waals surface area contributed by atoms with Crippen molar-refractivity contribution >= 4 is 17.9 Å². The van der Waals surface area contributed by atoms with Gasteiger partial charge in [0.05, 0.1) is 0 Å². The predicted molar refractivity (Wildman–Crippen MR) is 69.6 cm³/mol. The van der Waals surface area contributed by atoms with E-state index >= 15 is 0 Å². The summed E-state index contributed by atoms with van der Waals surface area (Å²) in [4.78, 5) is 35.0. The first-order valence-electron chi connectivity index (χ1n) is 6.75. The molecule has 1 fully saturated rings. The maximum Gasteiger partial charge on any atom is 0.323 e. The third-order valence-electron chi connectivity index (χ3n) is 3.39. The van der Waals surface area contributed by atoms with Gasteiger partial charge in [0.15, 0.2) is 0 Å². The number of carbonyl (C=O) groups is 3. The van der Waals surface area contributed by atoms with Gasteiger partial charge in [-0.1, -0.05) is 12.8 Å². The van der Waals surface area contributed by atoms with Gasteiger partial charge in [0.1, 0.15) is 0 Å². The van der Waals surface area contributed by atoms with E-state index in [1.807, 2.05) is 0 Å². The van der Waals surface area contributed by atoms with Gasteiger partial charge in [0, 0.05) is 26.4 Å². The molecule has 0 aromatic heterocycles. The third-order valence-corrected chi connectivity index (χ3v) is 3.39. The first kappa shape index (κ1) is 15.5. The molecular weight excluding hydrogens is 248 g/mol. The highest BCUT2D eigenvalue weighted by atomic mass is 16.4. The molecular formula is C13H22N2O4. The van der Waals surface area contributed by atoms with Crippen LogP contribution in [0.15, 0.2) is 0 Å². The van der Waals surface area contributed by atoms with Crippen LogP contribution in [-0.4, -0.2) is 41.5 Å². The number of imide groups is 1. The number of amides is 3. The van der Waals surface area contributed by atoms with Crippen molar-refractivity contribution in [3.05, 3.63) is 0 Å². The molecule has 108 valence electrons. The second kappa shape index (κ2) is 7.76. The molecule has 0 unspecified atom stereocenters. The van der Waals surface area contributed by atoms with E-state index in [9.17, 15) is 14.4 Å². The zero-order chi connectivity index (χ0) is 14.3. The number of carboxylic acid groups (broad SMARTS) is 1. The number of nitrogens with zero attached hydrogens (tertiary/aromatic N) is 1. The van der Waals surface area contributed by atoms with E-state index < -0.39 is 17.9 Å². The molecule has 1 aliphatic rings. The Kier molecular flexibility index (Phi) is 6.32. The molecule has 0 bridgehead atoms. The van der Waals surface area contributed by atoms with Crippen LogP contribution >= 0.6 is 0 Å². The van der Waals surface area contributed by atoms with Gasteiger partial charge < -0.3 is 10.0 Å². The minimum Gasteiger partial charge on any atom is -0.481 e. The molecule has 0 aromatic rings. The smallest absolute Gasteiger partial charge is 0.323 e. The Bertz CT molecular complexity index is 338. The number of carbonyl (C=O) groups excluding carboxylic acids is 2. The first-order valence-corrected chi connectivity index (χ1v) is 6.75. The van der Waals surface area contributed by atoms with Gasteiger partial charge in [-0.3, -0.25) is 14.9 Å². The summed E-state index contributed by atoms with van der Waals surface area (Å²) in [5, 5.41) is 10.7. The number of urea groups is 1. The summed E-state index contributed by atoms with van der Waals surface area (Å²) in [6, 6.07) is -0.396. The summed E-state index contributed by atoms with van der Waals surface area (Å²) < 4.78 is 0. The quantitative estimate of drug-likeness (QED) is 0.767. The lowest BCUT2D eigenvalue weighted by Crippen LogP contribution is -2.42. The lowest BCUT2D eigenvalue weighted by molar-refractivity contribution is -0.137. The van der Waals surface area contributed by atoms with E-state index in [2.05, 4.69) is 5.32 Å². The molecule has 0 heterocycles. The van der Waals surface area contributed by atoms with E-state index in [1.54, 1.807) is 7.05 Å². The fourth-order valence-corrected chi connectivity index (χ4v) is 2.34. The predicted octanol–water partition coefficient (Wildman–Crippen LogP) is 1.60. The number of rotatable bonds is 6. The van der Waals surface area contributed by atoms with Crippen LogP contribution in [0.25, 0.3) is 0 Å². The van der Waals surface area contributed by atoms with Crippen molar-refractivity contribution in [3.8, 4) is 0 Å². The molecule has 0 radical (unpaired) electrons. The molecule has 6 heteroatoms. The fourth-order valence-electron chi connectivity index (χ4n) is 2.34. The first-order chi connectivity index (χ1) is 8.99. The summed E-state index contributed by atoms with van der Waals surface area (Å²) in [5.74, 6) is -0.806. The second-order valence-corrected chi connectivity index (χ2v) is 5.13. The van der Waals surface area contributed by atoms with Crippen molar-refractivity contribution in [3.63, 3.8) is 0 Å². The van der Waals surface area contributed by atoms with Crippen LogP contribution in [0.3, 0.4) is 0 Å². The molecule has 0 atom stereocenters. The van der Waals surface area contributed by atoms with Gasteiger partial charge in [-0.15, -0.1) is 0 Å². The third kappa shape index (κ3) is 6.22. The van der Waals surface area contributed by atoms with Crippen molar-refractivity contribution in [2.75, 3.05) is 13.6 Å². The van der Waals surface area contributed by atoms with Gasteiger partial charge in [-0.05, 0) is 25.2 Å². The van der Waals surface area contributed by atoms with Gasteiger partial charge in [0.25, 0.3) is 0 Å². The summed E-state index contributed by atoms with van der Waals surface area (Å²) in [5.41, 5.74) is 0. The minimum atomic E-state index is -0.933. The highest BCUT2D eigenvalue weighted by molar-refractivity contribution is 5.94. The normalized spacial score (nSPS) is 15.2. The van der Waals surface area contributed by atoms with E-state index in [0.717, 1.165) is 12.8 Å². The van der Waals surface area contributed by atoms with Crippen LogP contribution in [0.4, 0.5) is 4.79 Å². The van der Waals surface area contributed by atoms with Crippen molar-refractivity contribution in [2.24, 2.45) is 5.92 Å². The minimum absolute atomic E-state index is 0.0560. The molecule has 1 rings (SSSR count). The molecule has 0 spiro atoms. The zero-order valence-corrected chi connectivity index (χ0v) is 11.4. The van der Waals surface area contributed by atoms with Crippen LogP contribution < -0.4 is 5.32 Å². The largest absolute Gasteiger partial charge is 0.481 e. The van der Waals surface area contributed by atoms with E-state index in [-0.39, 0.29) is 19.3 Å². The summed E-state index contributed by atoms with van der Waals surface area (Å²) in [7, 11) is 1.68. The van der Waals surface area contributed by atoms with E-state index in [1.165, 1.54) is 17.7 Å². The molecule has 0 aliphatic heterocycles. The Labute approximate surface area is 113 Å². The summed E-state index contributed by atoms with van der Waals surface area (Å²) >= 11 is 0. The molecule has 19 heavy (non-hydrogen) atoms. The van der Waals surface area contributed by atoms with Gasteiger partial charge in [0.2, 0.25) is 5.91 Å². The van der Waals surface area contributed by atoms with Crippen LogP contribution in [-0.2, 0) is 9.59 Å².